The standard InChI is InChI=1S/C65H44N2/c1-65(40-50(43-17-6-3-7-18-43)36-51(41-65)46-28-27-44-19-8-9-20-45(44)35-46)67-62-26-13-12-23-54(62)58-38-49(31-34-63(58)67)48-30-33-61-59(39-48)56-25-14-24-55-52-21-10-11-22-53(52)57-37-47(42-15-4-2-5-16-42)29-32-60(57)66(61)64(55)56/h2-40H,41H2,1H3. The zero-order valence-corrected chi connectivity index (χ0v) is 37.1. The van der Waals surface area contributed by atoms with Crippen molar-refractivity contribution in [3.8, 4) is 50.2 Å². The summed E-state index contributed by atoms with van der Waals surface area (Å²) >= 11 is 0. The Kier molecular flexibility index (Phi) is 8.21. The first-order valence-electron chi connectivity index (χ1n) is 23.5. The molecule has 2 nitrogen and oxygen atoms in total. The highest BCUT2D eigenvalue weighted by molar-refractivity contribution is 6.17. The topological polar surface area (TPSA) is 9.86 Å². The molecule has 1 aliphatic carbocycles. The molecule has 3 heterocycles. The second-order valence-electron chi connectivity index (χ2n) is 18.7. The Labute approximate surface area is 389 Å². The summed E-state index contributed by atoms with van der Waals surface area (Å²) < 4.78 is 5.14. The van der Waals surface area contributed by atoms with E-state index in [2.05, 4.69) is 253 Å². The van der Waals surface area contributed by atoms with Crippen molar-refractivity contribution < 1.29 is 0 Å². The van der Waals surface area contributed by atoms with Crippen molar-refractivity contribution in [3.63, 3.8) is 0 Å². The second kappa shape index (κ2) is 14.5. The normalized spacial score (nSPS) is 15.4. The molecule has 0 amide bonds. The molecule has 14 rings (SSSR count). The fourth-order valence-corrected chi connectivity index (χ4v) is 11.7. The van der Waals surface area contributed by atoms with Gasteiger partial charge in [-0.05, 0) is 128 Å². The van der Waals surface area contributed by atoms with Gasteiger partial charge in [0.15, 0.2) is 0 Å². The Bertz CT molecular complexity index is 4070. The van der Waals surface area contributed by atoms with E-state index < -0.39 is 0 Å². The van der Waals surface area contributed by atoms with Gasteiger partial charge in [-0.3, -0.25) is 0 Å². The molecule has 12 aromatic rings. The SMILES string of the molecule is CC1(n2c3ccccc3c3cc(-c4ccc5c(c4)c4cccc6c4n5-c4ccc(-c5ccccc5)cc4-c4ccccc4-6)ccc32)C=C(c2ccccc2)C=C(c2ccc3ccccc3c2)C1. The maximum Gasteiger partial charge on any atom is 0.0655 e. The number of para-hydroxylation sites is 2. The average Bonchev–Trinajstić information content (AvgIpc) is 3.87. The predicted molar refractivity (Wildman–Crippen MR) is 284 cm³/mol. The van der Waals surface area contributed by atoms with Crippen molar-refractivity contribution in [1.29, 1.82) is 0 Å². The molecule has 1 atom stereocenters. The molecule has 0 N–H and O–H groups in total. The van der Waals surface area contributed by atoms with Crippen LogP contribution >= 0.6 is 0 Å². The first kappa shape index (κ1) is 37.9. The second-order valence-corrected chi connectivity index (χ2v) is 18.7. The van der Waals surface area contributed by atoms with E-state index >= 15 is 0 Å². The quantitative estimate of drug-likeness (QED) is 0.163. The number of hydrogen-bond acceptors (Lipinski definition) is 0. The zero-order chi connectivity index (χ0) is 44.2. The summed E-state index contributed by atoms with van der Waals surface area (Å²) in [6, 6.07) is 83.3. The van der Waals surface area contributed by atoms with Crippen LogP contribution in [-0.4, -0.2) is 9.13 Å². The molecule has 0 radical (unpaired) electrons. The van der Waals surface area contributed by atoms with Gasteiger partial charge in [0.25, 0.3) is 0 Å². The summed E-state index contributed by atoms with van der Waals surface area (Å²) in [5.41, 5.74) is 20.8. The van der Waals surface area contributed by atoms with E-state index in [1.807, 2.05) is 0 Å². The van der Waals surface area contributed by atoms with Gasteiger partial charge < -0.3 is 9.13 Å². The van der Waals surface area contributed by atoms with Crippen LogP contribution in [0.5, 0.6) is 0 Å². The maximum absolute atomic E-state index is 2.62. The first-order chi connectivity index (χ1) is 33.1. The third kappa shape index (κ3) is 5.83. The van der Waals surface area contributed by atoms with Crippen molar-refractivity contribution in [2.75, 3.05) is 0 Å². The summed E-state index contributed by atoms with van der Waals surface area (Å²) in [5, 5.41) is 7.59. The van der Waals surface area contributed by atoms with E-state index in [0.29, 0.717) is 0 Å². The number of aromatic nitrogens is 2. The molecule has 2 aliphatic rings. The molecule has 2 aromatic heterocycles. The zero-order valence-electron chi connectivity index (χ0n) is 37.1. The summed E-state index contributed by atoms with van der Waals surface area (Å²) in [4.78, 5) is 0. The van der Waals surface area contributed by atoms with Gasteiger partial charge in [0.05, 0.1) is 22.3 Å². The van der Waals surface area contributed by atoms with Gasteiger partial charge in [-0.25, -0.2) is 0 Å². The Morgan fingerprint density at radius 2 is 0.955 bits per heavy atom. The van der Waals surface area contributed by atoms with Crippen molar-refractivity contribution in [2.24, 2.45) is 0 Å². The number of fused-ring (bicyclic) bond motifs is 12. The molecule has 67 heavy (non-hydrogen) atoms. The van der Waals surface area contributed by atoms with Crippen molar-refractivity contribution in [3.05, 3.63) is 248 Å². The van der Waals surface area contributed by atoms with Crippen molar-refractivity contribution in [1.82, 2.24) is 9.13 Å². The smallest absolute Gasteiger partial charge is 0.0655 e. The van der Waals surface area contributed by atoms with Crippen LogP contribution in [0.15, 0.2) is 237 Å². The molecule has 1 unspecified atom stereocenters. The highest BCUT2D eigenvalue weighted by atomic mass is 15.1. The molecule has 0 saturated carbocycles. The van der Waals surface area contributed by atoms with E-state index in [1.165, 1.54) is 127 Å². The fraction of sp³-hybridized carbons (Fsp3) is 0.0462. The van der Waals surface area contributed by atoms with Crippen LogP contribution in [-0.2, 0) is 5.54 Å². The van der Waals surface area contributed by atoms with Crippen LogP contribution in [0.1, 0.15) is 24.5 Å². The Hall–Kier alpha value is -8.46. The van der Waals surface area contributed by atoms with Gasteiger partial charge in [-0.15, -0.1) is 0 Å². The van der Waals surface area contributed by atoms with Gasteiger partial charge >= 0.3 is 0 Å². The molecule has 1 aliphatic heterocycles. The number of benzene rings is 10. The molecule has 0 saturated heterocycles. The molecule has 0 spiro atoms. The average molecular weight is 853 g/mol. The first-order valence-corrected chi connectivity index (χ1v) is 23.5. The minimum absolute atomic E-state index is 0.357. The molecule has 314 valence electrons. The van der Waals surface area contributed by atoms with E-state index in [9.17, 15) is 0 Å². The molecule has 0 fully saturated rings. The lowest BCUT2D eigenvalue weighted by atomic mass is 9.80. The summed E-state index contributed by atoms with van der Waals surface area (Å²) in [7, 11) is 0. The lowest BCUT2D eigenvalue weighted by molar-refractivity contribution is 0.446. The van der Waals surface area contributed by atoms with Crippen LogP contribution in [0.25, 0.3) is 116 Å². The maximum atomic E-state index is 2.62. The van der Waals surface area contributed by atoms with Gasteiger partial charge in [0.2, 0.25) is 0 Å². The summed E-state index contributed by atoms with van der Waals surface area (Å²) in [5.74, 6) is 0. The van der Waals surface area contributed by atoms with Crippen LogP contribution in [0.2, 0.25) is 0 Å². The van der Waals surface area contributed by atoms with Crippen molar-refractivity contribution in [2.45, 2.75) is 18.9 Å². The van der Waals surface area contributed by atoms with E-state index in [-0.39, 0.29) is 5.54 Å². The largest absolute Gasteiger partial charge is 0.331 e. The lowest BCUT2D eigenvalue weighted by Gasteiger charge is -2.35. The number of rotatable bonds is 5. The third-order valence-corrected chi connectivity index (χ3v) is 14.7. The predicted octanol–water partition coefficient (Wildman–Crippen LogP) is 17.3. The van der Waals surface area contributed by atoms with Gasteiger partial charge in [0.1, 0.15) is 0 Å². The molecule has 2 heteroatoms. The van der Waals surface area contributed by atoms with Crippen LogP contribution in [0.3, 0.4) is 0 Å². The Morgan fingerprint density at radius 3 is 1.76 bits per heavy atom. The molecule has 10 aromatic carbocycles. The lowest BCUT2D eigenvalue weighted by Crippen LogP contribution is -2.30. The minimum Gasteiger partial charge on any atom is -0.331 e. The number of nitrogens with zero attached hydrogens (tertiary/aromatic N) is 2. The van der Waals surface area contributed by atoms with Gasteiger partial charge in [-0.2, -0.15) is 0 Å². The number of hydrogen-bond donors (Lipinski definition) is 0. The Morgan fingerprint density at radius 1 is 0.373 bits per heavy atom. The van der Waals surface area contributed by atoms with Gasteiger partial charge in [-0.1, -0.05) is 188 Å². The molecule has 0 bridgehead atoms. The van der Waals surface area contributed by atoms with E-state index in [0.717, 1.165) is 6.42 Å². The van der Waals surface area contributed by atoms with Crippen molar-refractivity contribution >= 4 is 65.5 Å². The summed E-state index contributed by atoms with van der Waals surface area (Å²) in [6.45, 7) is 2.43. The van der Waals surface area contributed by atoms with Gasteiger partial charge in [0, 0.05) is 43.7 Å². The summed E-state index contributed by atoms with van der Waals surface area (Å²) in [6.07, 6.45) is 5.80. The van der Waals surface area contributed by atoms with E-state index in [1.54, 1.807) is 0 Å². The number of allylic oxidation sites excluding steroid dienone is 4. The van der Waals surface area contributed by atoms with Crippen LogP contribution in [0.4, 0.5) is 0 Å². The monoisotopic (exact) mass is 852 g/mol. The van der Waals surface area contributed by atoms with E-state index in [4.69, 9.17) is 0 Å². The fourth-order valence-electron chi connectivity index (χ4n) is 11.7. The third-order valence-electron chi connectivity index (χ3n) is 14.7. The van der Waals surface area contributed by atoms with Crippen LogP contribution in [0, 0.1) is 0 Å². The highest BCUT2D eigenvalue weighted by Gasteiger charge is 2.33. The Balaban J connectivity index is 0.932. The minimum atomic E-state index is -0.357. The van der Waals surface area contributed by atoms with Crippen LogP contribution < -0.4 is 0 Å². The molecular weight excluding hydrogens is 809 g/mol. The molecular formula is C65H44N2. The highest BCUT2D eigenvalue weighted by Crippen LogP contribution is 2.49.